The van der Waals surface area contributed by atoms with Crippen LogP contribution in [0.25, 0.3) is 16.8 Å². The molecule has 10 nitrogen and oxygen atoms in total. The van der Waals surface area contributed by atoms with Gasteiger partial charge in [-0.05, 0) is 32.9 Å². The SMILES string of the molecule is CCOC(=O)N1CCN(c2ccnn3cc(-c4cnc(N5CCN(C(C)C)CC5)cn4)cc23)CC1. The third kappa shape index (κ3) is 4.88. The highest BCUT2D eigenvalue weighted by Gasteiger charge is 2.24. The molecule has 0 N–H and O–H groups in total. The van der Waals surface area contributed by atoms with Crippen LogP contribution in [0.2, 0.25) is 0 Å². The molecular formula is C25H34N8O2. The van der Waals surface area contributed by atoms with Crippen molar-refractivity contribution < 1.29 is 9.53 Å². The van der Waals surface area contributed by atoms with Crippen molar-refractivity contribution in [2.24, 2.45) is 0 Å². The zero-order chi connectivity index (χ0) is 24.4. The normalized spacial score (nSPS) is 17.4. The minimum atomic E-state index is -0.235. The molecule has 186 valence electrons. The van der Waals surface area contributed by atoms with Crippen LogP contribution in [0.15, 0.2) is 36.9 Å². The average Bonchev–Trinajstić information content (AvgIpc) is 3.34. The van der Waals surface area contributed by atoms with Crippen molar-refractivity contribution >= 4 is 23.1 Å². The molecule has 0 radical (unpaired) electrons. The molecular weight excluding hydrogens is 444 g/mol. The maximum atomic E-state index is 12.0. The number of amides is 1. The van der Waals surface area contributed by atoms with E-state index in [1.807, 2.05) is 42.3 Å². The molecule has 0 spiro atoms. The van der Waals surface area contributed by atoms with E-state index in [1.165, 1.54) is 0 Å². The van der Waals surface area contributed by atoms with E-state index in [0.29, 0.717) is 25.7 Å². The predicted octanol–water partition coefficient (Wildman–Crippen LogP) is 2.60. The molecule has 2 saturated heterocycles. The van der Waals surface area contributed by atoms with Gasteiger partial charge in [-0.2, -0.15) is 5.10 Å². The van der Waals surface area contributed by atoms with E-state index in [4.69, 9.17) is 14.7 Å². The molecule has 0 atom stereocenters. The van der Waals surface area contributed by atoms with Gasteiger partial charge in [0.1, 0.15) is 5.82 Å². The van der Waals surface area contributed by atoms with Crippen molar-refractivity contribution in [2.45, 2.75) is 26.8 Å². The lowest BCUT2D eigenvalue weighted by molar-refractivity contribution is 0.105. The van der Waals surface area contributed by atoms with Crippen LogP contribution in [0, 0.1) is 0 Å². The lowest BCUT2D eigenvalue weighted by atomic mass is 10.2. The first kappa shape index (κ1) is 23.3. The van der Waals surface area contributed by atoms with Crippen LogP contribution in [-0.4, -0.2) is 100 Å². The van der Waals surface area contributed by atoms with Crippen LogP contribution in [0.1, 0.15) is 20.8 Å². The Morgan fingerprint density at radius 3 is 2.40 bits per heavy atom. The molecule has 2 aliphatic rings. The maximum Gasteiger partial charge on any atom is 0.409 e. The third-order valence-corrected chi connectivity index (χ3v) is 6.94. The molecule has 0 aliphatic carbocycles. The fraction of sp³-hybridized carbons (Fsp3) is 0.520. The van der Waals surface area contributed by atoms with E-state index in [2.05, 4.69) is 39.7 Å². The van der Waals surface area contributed by atoms with E-state index in [0.717, 1.165) is 67.5 Å². The fourth-order valence-electron chi connectivity index (χ4n) is 4.85. The number of piperazine rings is 2. The van der Waals surface area contributed by atoms with E-state index in [1.54, 1.807) is 4.90 Å². The average molecular weight is 479 g/mol. The zero-order valence-electron chi connectivity index (χ0n) is 20.8. The molecule has 35 heavy (non-hydrogen) atoms. The van der Waals surface area contributed by atoms with E-state index in [-0.39, 0.29) is 6.09 Å². The second-order valence-electron chi connectivity index (χ2n) is 9.32. The number of rotatable bonds is 5. The number of carbonyl (C=O) groups excluding carboxylic acids is 1. The summed E-state index contributed by atoms with van der Waals surface area (Å²) in [6.45, 7) is 13.5. The van der Waals surface area contributed by atoms with Gasteiger partial charge in [-0.15, -0.1) is 0 Å². The van der Waals surface area contributed by atoms with Gasteiger partial charge in [-0.3, -0.25) is 9.88 Å². The summed E-state index contributed by atoms with van der Waals surface area (Å²) < 4.78 is 7.03. The van der Waals surface area contributed by atoms with Crippen LogP contribution < -0.4 is 9.80 Å². The molecule has 10 heteroatoms. The molecule has 0 aromatic carbocycles. The van der Waals surface area contributed by atoms with Gasteiger partial charge in [0.05, 0.1) is 35.9 Å². The third-order valence-electron chi connectivity index (χ3n) is 6.94. The molecule has 2 aliphatic heterocycles. The van der Waals surface area contributed by atoms with Crippen LogP contribution in [0.4, 0.5) is 16.3 Å². The van der Waals surface area contributed by atoms with Crippen molar-refractivity contribution in [3.8, 4) is 11.3 Å². The van der Waals surface area contributed by atoms with Gasteiger partial charge in [-0.25, -0.2) is 14.3 Å². The van der Waals surface area contributed by atoms with Crippen LogP contribution in [0.3, 0.4) is 0 Å². The van der Waals surface area contributed by atoms with Gasteiger partial charge < -0.3 is 19.4 Å². The Kier molecular flexibility index (Phi) is 6.72. The number of hydrogen-bond acceptors (Lipinski definition) is 8. The fourth-order valence-corrected chi connectivity index (χ4v) is 4.85. The second kappa shape index (κ2) is 10.1. The summed E-state index contributed by atoms with van der Waals surface area (Å²) in [4.78, 5) is 30.4. The number of hydrogen-bond donors (Lipinski definition) is 0. The summed E-state index contributed by atoms with van der Waals surface area (Å²) in [5, 5.41) is 4.51. The van der Waals surface area contributed by atoms with Crippen molar-refractivity contribution in [1.82, 2.24) is 29.4 Å². The summed E-state index contributed by atoms with van der Waals surface area (Å²) in [6.07, 6.45) is 7.32. The molecule has 0 unspecified atom stereocenters. The Balaban J connectivity index is 1.29. The number of carbonyl (C=O) groups is 1. The smallest absolute Gasteiger partial charge is 0.409 e. The van der Waals surface area contributed by atoms with Gasteiger partial charge in [-0.1, -0.05) is 0 Å². The molecule has 0 bridgehead atoms. The second-order valence-corrected chi connectivity index (χ2v) is 9.32. The summed E-state index contributed by atoms with van der Waals surface area (Å²) in [5.41, 5.74) is 3.93. The highest BCUT2D eigenvalue weighted by atomic mass is 16.6. The molecule has 2 fully saturated rings. The van der Waals surface area contributed by atoms with Crippen molar-refractivity contribution in [3.05, 3.63) is 36.9 Å². The first-order valence-electron chi connectivity index (χ1n) is 12.5. The van der Waals surface area contributed by atoms with Gasteiger partial charge in [0.25, 0.3) is 0 Å². The number of anilines is 2. The molecule has 1 amide bonds. The van der Waals surface area contributed by atoms with Crippen molar-refractivity contribution in [3.63, 3.8) is 0 Å². The monoisotopic (exact) mass is 478 g/mol. The van der Waals surface area contributed by atoms with Gasteiger partial charge in [0, 0.05) is 76.4 Å². The van der Waals surface area contributed by atoms with E-state index >= 15 is 0 Å². The standard InChI is InChI=1S/C25H34N8O2/c1-4-35-25(34)32-13-9-30(10-14-32)22-5-6-28-33-18-20(15-23(22)33)21-16-27-24(17-26-21)31-11-7-29(8-12-31)19(2)3/h5-6,15-19H,4,7-14H2,1-3H3. The first-order chi connectivity index (χ1) is 17.0. The Bertz CT molecular complexity index is 1150. The van der Waals surface area contributed by atoms with E-state index < -0.39 is 0 Å². The zero-order valence-corrected chi connectivity index (χ0v) is 20.8. The Labute approximate surface area is 206 Å². The number of nitrogens with zero attached hydrogens (tertiary/aromatic N) is 8. The first-order valence-corrected chi connectivity index (χ1v) is 12.5. The number of fused-ring (bicyclic) bond motifs is 1. The maximum absolute atomic E-state index is 12.0. The van der Waals surface area contributed by atoms with Gasteiger partial charge in [0.15, 0.2) is 0 Å². The van der Waals surface area contributed by atoms with Gasteiger partial charge >= 0.3 is 6.09 Å². The Morgan fingerprint density at radius 1 is 1.00 bits per heavy atom. The summed E-state index contributed by atoms with van der Waals surface area (Å²) in [6, 6.07) is 4.73. The van der Waals surface area contributed by atoms with Crippen LogP contribution in [0.5, 0.6) is 0 Å². The topological polar surface area (TPSA) is 82.3 Å². The molecule has 3 aromatic rings. The minimum absolute atomic E-state index is 0.235. The lowest BCUT2D eigenvalue weighted by Crippen LogP contribution is -2.49. The molecule has 0 saturated carbocycles. The quantitative estimate of drug-likeness (QED) is 0.554. The molecule has 5 rings (SSSR count). The Morgan fingerprint density at radius 2 is 1.74 bits per heavy atom. The number of aromatic nitrogens is 4. The summed E-state index contributed by atoms with van der Waals surface area (Å²) in [7, 11) is 0. The van der Waals surface area contributed by atoms with Crippen LogP contribution >= 0.6 is 0 Å². The molecule has 5 heterocycles. The summed E-state index contributed by atoms with van der Waals surface area (Å²) >= 11 is 0. The van der Waals surface area contributed by atoms with Crippen molar-refractivity contribution in [1.29, 1.82) is 0 Å². The van der Waals surface area contributed by atoms with Gasteiger partial charge in [0.2, 0.25) is 0 Å². The molecule has 3 aromatic heterocycles. The number of ether oxygens (including phenoxy) is 1. The largest absolute Gasteiger partial charge is 0.450 e. The Hall–Kier alpha value is -3.40. The predicted molar refractivity (Wildman–Crippen MR) is 136 cm³/mol. The minimum Gasteiger partial charge on any atom is -0.450 e. The van der Waals surface area contributed by atoms with E-state index in [9.17, 15) is 4.79 Å². The summed E-state index contributed by atoms with van der Waals surface area (Å²) in [5.74, 6) is 0.930. The lowest BCUT2D eigenvalue weighted by Gasteiger charge is -2.37. The highest BCUT2D eigenvalue weighted by Crippen LogP contribution is 2.28. The van der Waals surface area contributed by atoms with Crippen molar-refractivity contribution in [2.75, 3.05) is 68.8 Å². The highest BCUT2D eigenvalue weighted by molar-refractivity contribution is 5.79. The van der Waals surface area contributed by atoms with Crippen LogP contribution in [-0.2, 0) is 4.74 Å².